The van der Waals surface area contributed by atoms with Gasteiger partial charge in [-0.05, 0) is 24.3 Å². The maximum absolute atomic E-state index is 11.2. The number of carbonyl (C=O) groups excluding carboxylic acids is 1. The van der Waals surface area contributed by atoms with Gasteiger partial charge in [-0.25, -0.2) is 4.79 Å². The number of alkyl carbamates (subject to hydrolysis) is 1. The fourth-order valence-electron chi connectivity index (χ4n) is 1.32. The van der Waals surface area contributed by atoms with Gasteiger partial charge in [-0.1, -0.05) is 30.3 Å². The Morgan fingerprint density at radius 2 is 2.07 bits per heavy atom. The van der Waals surface area contributed by atoms with Crippen molar-refractivity contribution in [2.24, 2.45) is 5.92 Å². The number of benzene rings is 1. The summed E-state index contributed by atoms with van der Waals surface area (Å²) in [6.07, 6.45) is 2.16. The average Bonchev–Trinajstić information content (AvgIpc) is 3.09. The molecular weight excluding hydrogens is 190 g/mol. The van der Waals surface area contributed by atoms with E-state index in [9.17, 15) is 4.79 Å². The highest BCUT2D eigenvalue weighted by Gasteiger charge is 2.21. The van der Waals surface area contributed by atoms with E-state index in [4.69, 9.17) is 4.74 Å². The number of ether oxygens (including phenoxy) is 1. The van der Waals surface area contributed by atoms with Crippen LogP contribution in [-0.2, 0) is 11.3 Å². The number of rotatable bonds is 4. The normalized spacial score (nSPS) is 14.7. The quantitative estimate of drug-likeness (QED) is 0.819. The lowest BCUT2D eigenvalue weighted by atomic mass is 10.2. The molecule has 1 saturated carbocycles. The zero-order chi connectivity index (χ0) is 10.5. The molecule has 0 saturated heterocycles. The van der Waals surface area contributed by atoms with Gasteiger partial charge in [-0.2, -0.15) is 0 Å². The van der Waals surface area contributed by atoms with Crippen molar-refractivity contribution in [2.75, 3.05) is 6.54 Å². The second kappa shape index (κ2) is 4.82. The van der Waals surface area contributed by atoms with E-state index in [0.717, 1.165) is 12.1 Å². The van der Waals surface area contributed by atoms with Crippen LogP contribution in [0, 0.1) is 5.92 Å². The number of amides is 1. The lowest BCUT2D eigenvalue weighted by molar-refractivity contribution is 0.139. The molecule has 0 heterocycles. The standard InChI is InChI=1S/C12H15NO2/c14-12(13-8-10-6-7-10)15-9-11-4-2-1-3-5-11/h1-5,10H,6-9H2,(H,13,14). The minimum atomic E-state index is -0.314. The van der Waals surface area contributed by atoms with Crippen molar-refractivity contribution in [3.63, 3.8) is 0 Å². The van der Waals surface area contributed by atoms with E-state index in [2.05, 4.69) is 5.32 Å². The lowest BCUT2D eigenvalue weighted by Gasteiger charge is -2.05. The van der Waals surface area contributed by atoms with Crippen LogP contribution < -0.4 is 5.32 Å². The van der Waals surface area contributed by atoms with Crippen LogP contribution in [0.1, 0.15) is 18.4 Å². The summed E-state index contributed by atoms with van der Waals surface area (Å²) in [4.78, 5) is 11.2. The van der Waals surface area contributed by atoms with Crippen LogP contribution in [0.3, 0.4) is 0 Å². The van der Waals surface area contributed by atoms with Gasteiger partial charge in [0.05, 0.1) is 0 Å². The first-order valence-corrected chi connectivity index (χ1v) is 5.29. The molecule has 1 aromatic rings. The van der Waals surface area contributed by atoms with E-state index in [1.54, 1.807) is 0 Å². The number of carbonyl (C=O) groups is 1. The first-order valence-electron chi connectivity index (χ1n) is 5.29. The maximum atomic E-state index is 11.2. The van der Waals surface area contributed by atoms with Gasteiger partial charge < -0.3 is 10.1 Å². The summed E-state index contributed by atoms with van der Waals surface area (Å²) in [7, 11) is 0. The maximum Gasteiger partial charge on any atom is 0.407 e. The Morgan fingerprint density at radius 1 is 1.33 bits per heavy atom. The van der Waals surface area contributed by atoms with E-state index in [0.29, 0.717) is 12.5 Å². The molecule has 2 rings (SSSR count). The number of hydrogen-bond acceptors (Lipinski definition) is 2. The predicted molar refractivity (Wildman–Crippen MR) is 57.4 cm³/mol. The van der Waals surface area contributed by atoms with Crippen molar-refractivity contribution in [1.82, 2.24) is 5.32 Å². The van der Waals surface area contributed by atoms with Gasteiger partial charge in [0, 0.05) is 6.54 Å². The molecule has 3 heteroatoms. The summed E-state index contributed by atoms with van der Waals surface area (Å²) in [6, 6.07) is 9.68. The SMILES string of the molecule is O=C(NCC1CC1)OCc1ccccc1. The summed E-state index contributed by atoms with van der Waals surface area (Å²) in [5.74, 6) is 0.689. The average molecular weight is 205 g/mol. The first kappa shape index (κ1) is 10.0. The van der Waals surface area contributed by atoms with E-state index in [-0.39, 0.29) is 6.09 Å². The molecule has 0 unspecified atom stereocenters. The highest BCUT2D eigenvalue weighted by atomic mass is 16.5. The van der Waals surface area contributed by atoms with Crippen molar-refractivity contribution in [1.29, 1.82) is 0 Å². The molecule has 1 N–H and O–H groups in total. The molecule has 0 aromatic heterocycles. The number of nitrogens with one attached hydrogen (secondary N) is 1. The van der Waals surface area contributed by atoms with Crippen molar-refractivity contribution >= 4 is 6.09 Å². The molecule has 0 atom stereocenters. The summed E-state index contributed by atoms with van der Waals surface area (Å²) < 4.78 is 5.06. The highest BCUT2D eigenvalue weighted by molar-refractivity contribution is 5.67. The molecule has 1 amide bonds. The third-order valence-corrected chi connectivity index (χ3v) is 2.44. The molecule has 3 nitrogen and oxygen atoms in total. The Morgan fingerprint density at radius 3 is 2.73 bits per heavy atom. The summed E-state index contributed by atoms with van der Waals surface area (Å²) >= 11 is 0. The second-order valence-corrected chi connectivity index (χ2v) is 3.89. The molecule has 80 valence electrons. The minimum Gasteiger partial charge on any atom is -0.445 e. The van der Waals surface area contributed by atoms with Gasteiger partial charge in [-0.15, -0.1) is 0 Å². The molecule has 0 bridgehead atoms. The first-order chi connectivity index (χ1) is 7.34. The van der Waals surface area contributed by atoms with Gasteiger partial charge in [-0.3, -0.25) is 0 Å². The largest absolute Gasteiger partial charge is 0.445 e. The predicted octanol–water partition coefficient (Wildman–Crippen LogP) is 2.32. The summed E-state index contributed by atoms with van der Waals surface area (Å²) in [6.45, 7) is 1.10. The molecule has 1 aromatic carbocycles. The van der Waals surface area contributed by atoms with Gasteiger partial charge in [0.1, 0.15) is 6.61 Å². The fraction of sp³-hybridized carbons (Fsp3) is 0.417. The van der Waals surface area contributed by atoms with Crippen LogP contribution in [0.15, 0.2) is 30.3 Å². The van der Waals surface area contributed by atoms with Crippen LogP contribution in [0.2, 0.25) is 0 Å². The second-order valence-electron chi connectivity index (χ2n) is 3.89. The van der Waals surface area contributed by atoms with E-state index in [1.807, 2.05) is 30.3 Å². The Bertz CT molecular complexity index is 320. The van der Waals surface area contributed by atoms with Crippen LogP contribution in [0.5, 0.6) is 0 Å². The van der Waals surface area contributed by atoms with Gasteiger partial charge in [0.2, 0.25) is 0 Å². The van der Waals surface area contributed by atoms with Gasteiger partial charge in [0.25, 0.3) is 0 Å². The van der Waals surface area contributed by atoms with Crippen LogP contribution in [0.4, 0.5) is 4.79 Å². The van der Waals surface area contributed by atoms with Crippen molar-refractivity contribution < 1.29 is 9.53 Å². The molecule has 0 radical (unpaired) electrons. The molecule has 1 aliphatic carbocycles. The highest BCUT2D eigenvalue weighted by Crippen LogP contribution is 2.27. The van der Waals surface area contributed by atoms with Crippen LogP contribution in [0.25, 0.3) is 0 Å². The molecular formula is C12H15NO2. The molecule has 0 spiro atoms. The Balaban J connectivity index is 1.66. The van der Waals surface area contributed by atoms with Gasteiger partial charge >= 0.3 is 6.09 Å². The third-order valence-electron chi connectivity index (χ3n) is 2.44. The van der Waals surface area contributed by atoms with E-state index >= 15 is 0 Å². The number of hydrogen-bond donors (Lipinski definition) is 1. The fourth-order valence-corrected chi connectivity index (χ4v) is 1.32. The Hall–Kier alpha value is -1.51. The summed E-state index contributed by atoms with van der Waals surface area (Å²) in [5.41, 5.74) is 1.01. The van der Waals surface area contributed by atoms with Gasteiger partial charge in [0.15, 0.2) is 0 Å². The van der Waals surface area contributed by atoms with Crippen molar-refractivity contribution in [3.05, 3.63) is 35.9 Å². The van der Waals surface area contributed by atoms with Crippen molar-refractivity contribution in [2.45, 2.75) is 19.4 Å². The molecule has 1 aliphatic rings. The topological polar surface area (TPSA) is 38.3 Å². The molecule has 0 aliphatic heterocycles. The van der Waals surface area contributed by atoms with E-state index in [1.165, 1.54) is 12.8 Å². The Labute approximate surface area is 89.4 Å². The van der Waals surface area contributed by atoms with E-state index < -0.39 is 0 Å². The third kappa shape index (κ3) is 3.62. The lowest BCUT2D eigenvalue weighted by Crippen LogP contribution is -2.26. The van der Waals surface area contributed by atoms with Crippen molar-refractivity contribution in [3.8, 4) is 0 Å². The Kier molecular flexibility index (Phi) is 3.22. The minimum absolute atomic E-state index is 0.314. The zero-order valence-electron chi connectivity index (χ0n) is 8.61. The molecule has 15 heavy (non-hydrogen) atoms. The van der Waals surface area contributed by atoms with Crippen LogP contribution >= 0.6 is 0 Å². The zero-order valence-corrected chi connectivity index (χ0v) is 8.61. The van der Waals surface area contributed by atoms with Crippen LogP contribution in [-0.4, -0.2) is 12.6 Å². The monoisotopic (exact) mass is 205 g/mol. The molecule has 1 fully saturated rings. The summed E-state index contributed by atoms with van der Waals surface area (Å²) in [5, 5.41) is 2.75. The smallest absolute Gasteiger partial charge is 0.407 e.